The lowest BCUT2D eigenvalue weighted by molar-refractivity contribution is 0.289. The van der Waals surface area contributed by atoms with Crippen molar-refractivity contribution in [2.45, 2.75) is 46.2 Å². The summed E-state index contributed by atoms with van der Waals surface area (Å²) in [6.45, 7) is 5.88. The molecule has 0 aromatic carbocycles. The Hall–Kier alpha value is -0.0700. The lowest BCUT2D eigenvalue weighted by atomic mass is 10.0. The van der Waals surface area contributed by atoms with Gasteiger partial charge in [-0.25, -0.2) is 4.39 Å². The molecule has 0 spiro atoms. The standard InChI is InChI=1S/C8H17F/c1-4-5-7(2)6-8(3)9/h7-8H,4-6H2,1-3H3/t7-,8+/m0/s1. The second kappa shape index (κ2) is 4.78. The lowest BCUT2D eigenvalue weighted by Gasteiger charge is -2.09. The van der Waals surface area contributed by atoms with E-state index in [4.69, 9.17) is 0 Å². The minimum Gasteiger partial charge on any atom is -0.248 e. The highest BCUT2D eigenvalue weighted by molar-refractivity contribution is 4.56. The molecule has 0 aromatic rings. The number of hydrogen-bond acceptors (Lipinski definition) is 0. The smallest absolute Gasteiger partial charge is 0.0976 e. The van der Waals surface area contributed by atoms with E-state index in [1.165, 1.54) is 6.42 Å². The maximum atomic E-state index is 12.3. The number of hydrogen-bond donors (Lipinski definition) is 0. The molecule has 0 aliphatic heterocycles. The summed E-state index contributed by atoms with van der Waals surface area (Å²) < 4.78 is 12.3. The minimum atomic E-state index is -0.619. The molecule has 1 heteroatoms. The van der Waals surface area contributed by atoms with Crippen molar-refractivity contribution in [3.63, 3.8) is 0 Å². The van der Waals surface area contributed by atoms with Crippen LogP contribution in [0.5, 0.6) is 0 Å². The van der Waals surface area contributed by atoms with Gasteiger partial charge in [-0.3, -0.25) is 0 Å². The van der Waals surface area contributed by atoms with Gasteiger partial charge >= 0.3 is 0 Å². The van der Waals surface area contributed by atoms with Gasteiger partial charge < -0.3 is 0 Å². The maximum absolute atomic E-state index is 12.3. The molecular weight excluding hydrogens is 115 g/mol. The Morgan fingerprint density at radius 3 is 2.22 bits per heavy atom. The molecule has 2 atom stereocenters. The van der Waals surface area contributed by atoms with Gasteiger partial charge in [0.25, 0.3) is 0 Å². The van der Waals surface area contributed by atoms with Crippen molar-refractivity contribution in [2.75, 3.05) is 0 Å². The van der Waals surface area contributed by atoms with Crippen molar-refractivity contribution in [3.8, 4) is 0 Å². The zero-order valence-corrected chi connectivity index (χ0v) is 6.65. The Balaban J connectivity index is 3.15. The fraction of sp³-hybridized carbons (Fsp3) is 1.00. The Labute approximate surface area is 57.5 Å². The summed E-state index contributed by atoms with van der Waals surface area (Å²) in [5.74, 6) is 0.565. The van der Waals surface area contributed by atoms with Gasteiger partial charge in [0.05, 0.1) is 6.17 Å². The molecule has 0 bridgehead atoms. The van der Waals surface area contributed by atoms with Crippen LogP contribution in [0.25, 0.3) is 0 Å². The second-order valence-electron chi connectivity index (χ2n) is 2.91. The predicted molar refractivity (Wildman–Crippen MR) is 39.3 cm³/mol. The monoisotopic (exact) mass is 132 g/mol. The molecule has 9 heavy (non-hydrogen) atoms. The average molecular weight is 132 g/mol. The molecule has 0 heterocycles. The van der Waals surface area contributed by atoms with E-state index in [1.807, 2.05) is 0 Å². The summed E-state index contributed by atoms with van der Waals surface area (Å²) >= 11 is 0. The van der Waals surface area contributed by atoms with Crippen LogP contribution in [0, 0.1) is 5.92 Å². The van der Waals surface area contributed by atoms with E-state index >= 15 is 0 Å². The Bertz CT molecular complexity index is 59.6. The summed E-state index contributed by atoms with van der Waals surface area (Å²) in [5, 5.41) is 0. The minimum absolute atomic E-state index is 0.565. The van der Waals surface area contributed by atoms with Crippen LogP contribution in [0.1, 0.15) is 40.0 Å². The first-order chi connectivity index (χ1) is 4.16. The zero-order chi connectivity index (χ0) is 7.28. The first-order valence-electron chi connectivity index (χ1n) is 3.80. The van der Waals surface area contributed by atoms with Crippen molar-refractivity contribution in [1.82, 2.24) is 0 Å². The molecule has 0 N–H and O–H groups in total. The average Bonchev–Trinajstić information content (AvgIpc) is 1.63. The molecular formula is C8H17F. The van der Waals surface area contributed by atoms with E-state index < -0.39 is 6.17 Å². The van der Waals surface area contributed by atoms with Crippen molar-refractivity contribution >= 4 is 0 Å². The van der Waals surface area contributed by atoms with Gasteiger partial charge in [0, 0.05) is 0 Å². The molecule has 0 aromatic heterocycles. The first-order valence-corrected chi connectivity index (χ1v) is 3.80. The fourth-order valence-corrected chi connectivity index (χ4v) is 1.17. The van der Waals surface area contributed by atoms with Gasteiger partial charge in [-0.05, 0) is 19.3 Å². The van der Waals surface area contributed by atoms with E-state index in [1.54, 1.807) is 6.92 Å². The van der Waals surface area contributed by atoms with Gasteiger partial charge in [-0.1, -0.05) is 26.7 Å². The highest BCUT2D eigenvalue weighted by atomic mass is 19.1. The molecule has 0 rings (SSSR count). The topological polar surface area (TPSA) is 0 Å². The Kier molecular flexibility index (Phi) is 4.74. The normalized spacial score (nSPS) is 17.3. The van der Waals surface area contributed by atoms with Crippen LogP contribution in [0.3, 0.4) is 0 Å². The van der Waals surface area contributed by atoms with Crippen LogP contribution in [-0.2, 0) is 0 Å². The second-order valence-corrected chi connectivity index (χ2v) is 2.91. The van der Waals surface area contributed by atoms with Crippen LogP contribution in [-0.4, -0.2) is 6.17 Å². The van der Waals surface area contributed by atoms with Gasteiger partial charge in [0.2, 0.25) is 0 Å². The third kappa shape index (κ3) is 5.81. The van der Waals surface area contributed by atoms with Crippen LogP contribution in [0.4, 0.5) is 4.39 Å². The summed E-state index contributed by atoms with van der Waals surface area (Å²) in [4.78, 5) is 0. The summed E-state index contributed by atoms with van der Waals surface area (Å²) in [6.07, 6.45) is 2.45. The molecule has 0 aliphatic carbocycles. The SMILES string of the molecule is CCC[C@H](C)C[C@@H](C)F. The van der Waals surface area contributed by atoms with Crippen LogP contribution < -0.4 is 0 Å². The number of halogens is 1. The zero-order valence-electron chi connectivity index (χ0n) is 6.65. The number of rotatable bonds is 4. The summed E-state index contributed by atoms with van der Waals surface area (Å²) in [7, 11) is 0. The molecule has 0 fully saturated rings. The molecule has 0 aliphatic rings. The van der Waals surface area contributed by atoms with Gasteiger partial charge in [0.15, 0.2) is 0 Å². The third-order valence-corrected chi connectivity index (χ3v) is 1.51. The highest BCUT2D eigenvalue weighted by Gasteiger charge is 2.04. The fourth-order valence-electron chi connectivity index (χ4n) is 1.17. The third-order valence-electron chi connectivity index (χ3n) is 1.51. The maximum Gasteiger partial charge on any atom is 0.0976 e. The first kappa shape index (κ1) is 8.93. The predicted octanol–water partition coefficient (Wildman–Crippen LogP) is 3.17. The van der Waals surface area contributed by atoms with Crippen LogP contribution in [0.2, 0.25) is 0 Å². The van der Waals surface area contributed by atoms with Gasteiger partial charge in [-0.2, -0.15) is 0 Å². The molecule has 0 unspecified atom stereocenters. The molecule has 0 saturated carbocycles. The van der Waals surface area contributed by atoms with Crippen LogP contribution in [0.15, 0.2) is 0 Å². The van der Waals surface area contributed by atoms with Gasteiger partial charge in [0.1, 0.15) is 0 Å². The van der Waals surface area contributed by atoms with E-state index in [-0.39, 0.29) is 0 Å². The molecule has 56 valence electrons. The Morgan fingerprint density at radius 1 is 1.33 bits per heavy atom. The lowest BCUT2D eigenvalue weighted by Crippen LogP contribution is -2.01. The van der Waals surface area contributed by atoms with Gasteiger partial charge in [-0.15, -0.1) is 0 Å². The van der Waals surface area contributed by atoms with Crippen molar-refractivity contribution in [3.05, 3.63) is 0 Å². The van der Waals surface area contributed by atoms with Crippen molar-refractivity contribution in [1.29, 1.82) is 0 Å². The van der Waals surface area contributed by atoms with E-state index in [2.05, 4.69) is 13.8 Å². The van der Waals surface area contributed by atoms with E-state index in [0.717, 1.165) is 12.8 Å². The summed E-state index contributed by atoms with van der Waals surface area (Å²) in [6, 6.07) is 0. The largest absolute Gasteiger partial charge is 0.248 e. The highest BCUT2D eigenvalue weighted by Crippen LogP contribution is 2.13. The molecule has 0 saturated heterocycles. The molecule has 0 nitrogen and oxygen atoms in total. The molecule has 0 amide bonds. The van der Waals surface area contributed by atoms with Crippen LogP contribution >= 0.6 is 0 Å². The molecule has 0 radical (unpaired) electrons. The van der Waals surface area contributed by atoms with Crippen molar-refractivity contribution < 1.29 is 4.39 Å². The quantitative estimate of drug-likeness (QED) is 0.551. The van der Waals surface area contributed by atoms with E-state index in [0.29, 0.717) is 5.92 Å². The van der Waals surface area contributed by atoms with E-state index in [9.17, 15) is 4.39 Å². The summed E-state index contributed by atoms with van der Waals surface area (Å²) in [5.41, 5.74) is 0. The Morgan fingerprint density at radius 2 is 1.89 bits per heavy atom. The van der Waals surface area contributed by atoms with Crippen molar-refractivity contribution in [2.24, 2.45) is 5.92 Å². The number of alkyl halides is 1.